The second kappa shape index (κ2) is 5.35. The summed E-state index contributed by atoms with van der Waals surface area (Å²) in [6, 6.07) is 9.18. The molecule has 0 aromatic heterocycles. The molecule has 0 nitrogen and oxygen atoms in total. The van der Waals surface area contributed by atoms with Gasteiger partial charge in [-0.2, -0.15) is 6.07 Å². The van der Waals surface area contributed by atoms with Crippen LogP contribution in [0.2, 0.25) is 0 Å². The molecule has 2 rings (SSSR count). The van der Waals surface area contributed by atoms with Crippen molar-refractivity contribution in [3.05, 3.63) is 41.0 Å². The van der Waals surface area contributed by atoms with Gasteiger partial charge >= 0.3 is 0 Å². The topological polar surface area (TPSA) is 0 Å². The summed E-state index contributed by atoms with van der Waals surface area (Å²) in [6.07, 6.45) is 1.21. The number of hydrogen-bond donors (Lipinski definition) is 0. The Kier molecular flexibility index (Phi) is 4.61. The van der Waals surface area contributed by atoms with Crippen molar-refractivity contribution in [2.75, 3.05) is 0 Å². The molecular weight excluding hydrogens is 359 g/mol. The van der Waals surface area contributed by atoms with Gasteiger partial charge in [0.05, 0.1) is 0 Å². The van der Waals surface area contributed by atoms with Crippen molar-refractivity contribution in [1.82, 2.24) is 0 Å². The van der Waals surface area contributed by atoms with Gasteiger partial charge in [-0.1, -0.05) is 37.3 Å². The molecule has 0 aliphatic heterocycles. The smallest absolute Gasteiger partial charge is 0 e. The van der Waals surface area contributed by atoms with Crippen molar-refractivity contribution in [1.29, 1.82) is 0 Å². The van der Waals surface area contributed by atoms with Gasteiger partial charge in [0.25, 0.3) is 0 Å². The van der Waals surface area contributed by atoms with Crippen LogP contribution in [0.1, 0.15) is 42.9 Å². The molecule has 0 aliphatic rings. The molecule has 84 valence electrons. The van der Waals surface area contributed by atoms with E-state index in [0.717, 1.165) is 0 Å². The first-order valence-electron chi connectivity index (χ1n) is 5.80. The zero-order valence-corrected chi connectivity index (χ0v) is 14.2. The number of hydrogen-bond acceptors (Lipinski definition) is 0. The largest absolute Gasteiger partial charge is 0.168 e. The van der Waals surface area contributed by atoms with Gasteiger partial charge in [-0.15, -0.1) is 34.5 Å². The summed E-state index contributed by atoms with van der Waals surface area (Å²) in [5.41, 5.74) is 4.30. The molecule has 0 saturated carbocycles. The first kappa shape index (κ1) is 13.8. The average Bonchev–Trinajstić information content (AvgIpc) is 2.61. The predicted molar refractivity (Wildman–Crippen MR) is 67.7 cm³/mol. The van der Waals surface area contributed by atoms with Crippen LogP contribution in [0, 0.1) is 13.8 Å². The van der Waals surface area contributed by atoms with Crippen LogP contribution in [0.15, 0.2) is 24.3 Å². The minimum atomic E-state index is 0. The van der Waals surface area contributed by atoms with Gasteiger partial charge in [-0.25, -0.2) is 0 Å². The molecule has 0 bridgehead atoms. The molecule has 0 amide bonds. The van der Waals surface area contributed by atoms with Crippen molar-refractivity contribution in [2.24, 2.45) is 0 Å². The van der Waals surface area contributed by atoms with Crippen molar-refractivity contribution in [3.8, 4) is 0 Å². The van der Waals surface area contributed by atoms with Gasteiger partial charge in [0, 0.05) is 25.8 Å². The summed E-state index contributed by atoms with van der Waals surface area (Å²) < 4.78 is 0. The van der Waals surface area contributed by atoms with E-state index in [2.05, 4.69) is 52.0 Å². The molecule has 16 heavy (non-hydrogen) atoms. The summed E-state index contributed by atoms with van der Waals surface area (Å²) >= 11 is 0. The first-order valence-corrected chi connectivity index (χ1v) is 5.80. The van der Waals surface area contributed by atoms with Gasteiger partial charge in [0.1, 0.15) is 0 Å². The van der Waals surface area contributed by atoms with Crippen LogP contribution in [0.5, 0.6) is 0 Å². The summed E-state index contributed by atoms with van der Waals surface area (Å²) in [4.78, 5) is 0. The van der Waals surface area contributed by atoms with E-state index in [1.54, 1.807) is 0 Å². The van der Waals surface area contributed by atoms with Gasteiger partial charge in [-0.3, -0.25) is 0 Å². The Morgan fingerprint density at radius 2 is 1.81 bits per heavy atom. The van der Waals surface area contributed by atoms with Crippen molar-refractivity contribution in [3.63, 3.8) is 0 Å². The number of fused-ring (bicyclic) bond motifs is 1. The molecular formula is C15H19Hf-. The zero-order chi connectivity index (χ0) is 11.0. The van der Waals surface area contributed by atoms with Gasteiger partial charge in [0.15, 0.2) is 0 Å². The molecule has 0 aliphatic carbocycles. The third-order valence-corrected chi connectivity index (χ3v) is 3.56. The number of benzene rings is 1. The average molecular weight is 378 g/mol. The second-order valence-electron chi connectivity index (χ2n) is 4.62. The Labute approximate surface area is 117 Å². The Hall–Kier alpha value is -0.300. The van der Waals surface area contributed by atoms with Gasteiger partial charge in [0.2, 0.25) is 0 Å². The van der Waals surface area contributed by atoms with Crippen LogP contribution in [-0.4, -0.2) is 0 Å². The molecule has 2 aromatic carbocycles. The van der Waals surface area contributed by atoms with E-state index in [1.807, 2.05) is 0 Å². The molecule has 2 aromatic rings. The monoisotopic (exact) mass is 379 g/mol. The van der Waals surface area contributed by atoms with Crippen molar-refractivity contribution in [2.45, 2.75) is 40.0 Å². The van der Waals surface area contributed by atoms with Crippen LogP contribution in [0.4, 0.5) is 0 Å². The Morgan fingerprint density at radius 3 is 2.44 bits per heavy atom. The van der Waals surface area contributed by atoms with E-state index in [0.29, 0.717) is 5.92 Å². The first-order chi connectivity index (χ1) is 7.13. The summed E-state index contributed by atoms with van der Waals surface area (Å²) in [5.74, 6) is 0.671. The molecule has 0 fully saturated rings. The molecule has 1 unspecified atom stereocenters. The quantitative estimate of drug-likeness (QED) is 0.526. The van der Waals surface area contributed by atoms with Crippen LogP contribution in [-0.2, 0) is 25.8 Å². The molecule has 0 N–H and O–H groups in total. The maximum Gasteiger partial charge on any atom is 0 e. The maximum atomic E-state index is 2.34. The molecule has 0 saturated heterocycles. The molecule has 0 radical (unpaired) electrons. The normalized spacial score (nSPS) is 12.5. The third kappa shape index (κ3) is 2.34. The van der Waals surface area contributed by atoms with E-state index in [9.17, 15) is 0 Å². The summed E-state index contributed by atoms with van der Waals surface area (Å²) in [5, 5.41) is 2.85. The summed E-state index contributed by atoms with van der Waals surface area (Å²) in [6.45, 7) is 8.95. The fourth-order valence-corrected chi connectivity index (χ4v) is 2.15. The molecule has 0 spiro atoms. The number of aryl methyl sites for hydroxylation is 2. The van der Waals surface area contributed by atoms with E-state index >= 15 is 0 Å². The maximum absolute atomic E-state index is 2.34. The van der Waals surface area contributed by atoms with Crippen LogP contribution in [0.3, 0.4) is 0 Å². The fraction of sp³-hybridized carbons (Fsp3) is 0.400. The molecule has 0 heterocycles. The minimum absolute atomic E-state index is 0. The van der Waals surface area contributed by atoms with Crippen LogP contribution < -0.4 is 0 Å². The Morgan fingerprint density at radius 1 is 1.19 bits per heavy atom. The minimum Gasteiger partial charge on any atom is -0.168 e. The molecule has 1 atom stereocenters. The van der Waals surface area contributed by atoms with E-state index in [4.69, 9.17) is 0 Å². The van der Waals surface area contributed by atoms with E-state index in [-0.39, 0.29) is 25.8 Å². The predicted octanol–water partition coefficient (Wildman–Crippen LogP) is 4.69. The fourth-order valence-electron chi connectivity index (χ4n) is 2.15. The molecule has 1 heteroatoms. The van der Waals surface area contributed by atoms with Gasteiger partial charge < -0.3 is 0 Å². The van der Waals surface area contributed by atoms with Gasteiger partial charge in [-0.05, 0) is 13.8 Å². The van der Waals surface area contributed by atoms with Crippen molar-refractivity contribution >= 4 is 10.8 Å². The number of rotatable bonds is 2. The summed E-state index contributed by atoms with van der Waals surface area (Å²) in [7, 11) is 0. The van der Waals surface area contributed by atoms with Crippen LogP contribution >= 0.6 is 0 Å². The van der Waals surface area contributed by atoms with E-state index in [1.165, 1.54) is 33.9 Å². The zero-order valence-electron chi connectivity index (χ0n) is 10.6. The van der Waals surface area contributed by atoms with E-state index < -0.39 is 0 Å². The standard InChI is InChI=1S/C15H19.Hf/c1-5-10(2)14-7-6-13-8-11(3)12(4)9-15(13)14;/h6-10H,5H2,1-4H3;/q-1;. The van der Waals surface area contributed by atoms with Crippen molar-refractivity contribution < 1.29 is 25.8 Å². The Bertz CT molecular complexity index is 479. The third-order valence-electron chi connectivity index (χ3n) is 3.56. The van der Waals surface area contributed by atoms with Crippen LogP contribution in [0.25, 0.3) is 10.8 Å². The SMILES string of the molecule is CCC(C)[c-]1ccc2cc(C)c(C)cc21.[Hf]. The Balaban J connectivity index is 0.00000128. The second-order valence-corrected chi connectivity index (χ2v) is 4.62.